The topological polar surface area (TPSA) is 0 Å². The minimum atomic E-state index is 0.635. The van der Waals surface area contributed by atoms with Crippen molar-refractivity contribution in [1.82, 2.24) is 0 Å². The molecule has 0 aliphatic carbocycles. The van der Waals surface area contributed by atoms with Gasteiger partial charge in [-0.2, -0.15) is 0 Å². The zero-order valence-electron chi connectivity index (χ0n) is 7.06. The molecule has 0 aliphatic heterocycles. The average molecular weight is 137 g/mol. The third kappa shape index (κ3) is 5.61. The fourth-order valence-corrected chi connectivity index (χ4v) is 0.710. The Morgan fingerprint density at radius 2 is 2.20 bits per heavy atom. The summed E-state index contributed by atoms with van der Waals surface area (Å²) in [7, 11) is 0. The van der Waals surface area contributed by atoms with Crippen LogP contribution < -0.4 is 0 Å². The lowest BCUT2D eigenvalue weighted by atomic mass is 10.1. The van der Waals surface area contributed by atoms with Crippen molar-refractivity contribution in [2.75, 3.05) is 0 Å². The summed E-state index contributed by atoms with van der Waals surface area (Å²) < 4.78 is 0. The highest BCUT2D eigenvalue weighted by atomic mass is 14.0. The van der Waals surface area contributed by atoms with Crippen molar-refractivity contribution in [3.8, 4) is 0 Å². The van der Waals surface area contributed by atoms with Crippen LogP contribution in [0.2, 0.25) is 0 Å². The minimum Gasteiger partial charge on any atom is -0.103 e. The van der Waals surface area contributed by atoms with Gasteiger partial charge in [0.1, 0.15) is 0 Å². The van der Waals surface area contributed by atoms with E-state index in [1.165, 1.54) is 6.42 Å². The maximum Gasteiger partial charge on any atom is -0.0262 e. The molecule has 0 fully saturated rings. The molecular formula is C10H17. The molecule has 0 aliphatic rings. The number of allylic oxidation sites excluding steroid dienone is 3. The van der Waals surface area contributed by atoms with Gasteiger partial charge in [-0.1, -0.05) is 24.6 Å². The van der Waals surface area contributed by atoms with Gasteiger partial charge in [0, 0.05) is 0 Å². The Morgan fingerprint density at radius 3 is 2.60 bits per heavy atom. The summed E-state index contributed by atoms with van der Waals surface area (Å²) in [6.07, 6.45) is 6.48. The van der Waals surface area contributed by atoms with E-state index in [-0.39, 0.29) is 0 Å². The summed E-state index contributed by atoms with van der Waals surface area (Å²) in [5, 5.41) is 0. The molecule has 0 N–H and O–H groups in total. The smallest absolute Gasteiger partial charge is 0.0262 e. The molecular weight excluding hydrogens is 120 g/mol. The first-order valence-electron chi connectivity index (χ1n) is 3.78. The molecule has 0 saturated heterocycles. The van der Waals surface area contributed by atoms with Gasteiger partial charge in [-0.05, 0) is 32.6 Å². The molecule has 10 heavy (non-hydrogen) atoms. The van der Waals surface area contributed by atoms with E-state index in [1.807, 2.05) is 13.0 Å². The maximum absolute atomic E-state index is 3.80. The molecule has 0 nitrogen and oxygen atoms in total. The van der Waals surface area contributed by atoms with E-state index in [2.05, 4.69) is 26.5 Å². The largest absolute Gasteiger partial charge is 0.103 e. The highest BCUT2D eigenvalue weighted by Gasteiger charge is 1.92. The number of rotatable bonds is 4. The van der Waals surface area contributed by atoms with Crippen molar-refractivity contribution in [2.24, 2.45) is 5.92 Å². The van der Waals surface area contributed by atoms with Crippen LogP contribution in [0.25, 0.3) is 0 Å². The fourth-order valence-electron chi connectivity index (χ4n) is 0.710. The molecule has 0 rings (SSSR count). The average Bonchev–Trinajstić information content (AvgIpc) is 1.87. The monoisotopic (exact) mass is 137 g/mol. The van der Waals surface area contributed by atoms with Gasteiger partial charge in [0.15, 0.2) is 0 Å². The Hall–Kier alpha value is -0.520. The highest BCUT2D eigenvalue weighted by molar-refractivity contribution is 5.00. The Kier molecular flexibility index (Phi) is 5.00. The lowest BCUT2D eigenvalue weighted by molar-refractivity contribution is 0.658. The van der Waals surface area contributed by atoms with Crippen LogP contribution in [0.4, 0.5) is 0 Å². The quantitative estimate of drug-likeness (QED) is 0.521. The summed E-state index contributed by atoms with van der Waals surface area (Å²) in [5.74, 6) is 0.635. The first-order valence-corrected chi connectivity index (χ1v) is 3.78. The summed E-state index contributed by atoms with van der Waals surface area (Å²) in [6, 6.07) is 0. The van der Waals surface area contributed by atoms with E-state index >= 15 is 0 Å². The second kappa shape index (κ2) is 5.28. The molecule has 0 aromatic carbocycles. The maximum atomic E-state index is 3.80. The highest BCUT2D eigenvalue weighted by Crippen LogP contribution is 2.07. The summed E-state index contributed by atoms with van der Waals surface area (Å²) in [6.45, 7) is 11.7. The third-order valence-corrected chi connectivity index (χ3v) is 1.52. The van der Waals surface area contributed by atoms with Gasteiger partial charge in [0.25, 0.3) is 0 Å². The molecule has 0 aromatic heterocycles. The van der Waals surface area contributed by atoms with Gasteiger partial charge in [0.2, 0.25) is 0 Å². The second-order valence-corrected chi connectivity index (χ2v) is 2.84. The second-order valence-electron chi connectivity index (χ2n) is 2.84. The minimum absolute atomic E-state index is 0.635. The Balaban J connectivity index is 3.36. The first kappa shape index (κ1) is 9.48. The number of hydrogen-bond donors (Lipinski definition) is 0. The van der Waals surface area contributed by atoms with Crippen molar-refractivity contribution >= 4 is 0 Å². The van der Waals surface area contributed by atoms with E-state index in [1.54, 1.807) is 0 Å². The molecule has 0 heterocycles. The van der Waals surface area contributed by atoms with E-state index in [0.717, 1.165) is 12.0 Å². The van der Waals surface area contributed by atoms with Crippen molar-refractivity contribution < 1.29 is 0 Å². The van der Waals surface area contributed by atoms with Crippen LogP contribution in [0.3, 0.4) is 0 Å². The predicted molar refractivity (Wildman–Crippen MR) is 47.7 cm³/mol. The van der Waals surface area contributed by atoms with Gasteiger partial charge < -0.3 is 0 Å². The van der Waals surface area contributed by atoms with Crippen molar-refractivity contribution in [3.05, 3.63) is 31.2 Å². The lowest BCUT2D eigenvalue weighted by Crippen LogP contribution is -1.86. The zero-order valence-corrected chi connectivity index (χ0v) is 7.06. The molecule has 0 bridgehead atoms. The summed E-state index contributed by atoms with van der Waals surface area (Å²) in [4.78, 5) is 0. The van der Waals surface area contributed by atoms with Gasteiger partial charge in [-0.3, -0.25) is 0 Å². The van der Waals surface area contributed by atoms with Crippen LogP contribution in [-0.4, -0.2) is 0 Å². The Bertz CT molecular complexity index is 116. The molecule has 57 valence electrons. The van der Waals surface area contributed by atoms with Gasteiger partial charge in [-0.15, -0.1) is 6.58 Å². The van der Waals surface area contributed by atoms with E-state index in [0.29, 0.717) is 5.92 Å². The van der Waals surface area contributed by atoms with Crippen LogP contribution in [-0.2, 0) is 0 Å². The van der Waals surface area contributed by atoms with Crippen molar-refractivity contribution in [1.29, 1.82) is 0 Å². The molecule has 0 heteroatoms. The molecule has 1 unspecified atom stereocenters. The molecule has 0 amide bonds. The fraction of sp³-hybridized carbons (Fsp3) is 0.500. The molecule has 1 radical (unpaired) electrons. The molecule has 0 saturated carbocycles. The SMILES string of the molecule is [CH2]C(C)=CCCC(C)C=C. The van der Waals surface area contributed by atoms with Gasteiger partial charge in [-0.25, -0.2) is 0 Å². The van der Waals surface area contributed by atoms with Gasteiger partial charge >= 0.3 is 0 Å². The van der Waals surface area contributed by atoms with Crippen LogP contribution in [0, 0.1) is 12.8 Å². The van der Waals surface area contributed by atoms with Crippen LogP contribution in [0.15, 0.2) is 24.3 Å². The normalized spacial score (nSPS) is 14.9. The lowest BCUT2D eigenvalue weighted by Gasteiger charge is -2.01. The van der Waals surface area contributed by atoms with E-state index in [4.69, 9.17) is 0 Å². The standard InChI is InChI=1S/C10H17/c1-5-10(4)8-6-7-9(2)3/h5,7,10H,1-2,6,8H2,3-4H3. The molecule has 0 spiro atoms. The third-order valence-electron chi connectivity index (χ3n) is 1.52. The first-order chi connectivity index (χ1) is 4.66. The van der Waals surface area contributed by atoms with Crippen LogP contribution in [0.5, 0.6) is 0 Å². The number of hydrogen-bond acceptors (Lipinski definition) is 0. The summed E-state index contributed by atoms with van der Waals surface area (Å²) in [5.41, 5.74) is 1.16. The molecule has 0 aromatic rings. The van der Waals surface area contributed by atoms with Crippen molar-refractivity contribution in [3.63, 3.8) is 0 Å². The van der Waals surface area contributed by atoms with Crippen LogP contribution >= 0.6 is 0 Å². The Morgan fingerprint density at radius 1 is 1.60 bits per heavy atom. The van der Waals surface area contributed by atoms with Crippen LogP contribution in [0.1, 0.15) is 26.7 Å². The van der Waals surface area contributed by atoms with Gasteiger partial charge in [0.05, 0.1) is 0 Å². The Labute approximate surface area is 64.6 Å². The summed E-state index contributed by atoms with van der Waals surface area (Å²) >= 11 is 0. The van der Waals surface area contributed by atoms with Crippen molar-refractivity contribution in [2.45, 2.75) is 26.7 Å². The molecule has 1 atom stereocenters. The zero-order chi connectivity index (χ0) is 7.98. The van der Waals surface area contributed by atoms with E-state index < -0.39 is 0 Å². The van der Waals surface area contributed by atoms with E-state index in [9.17, 15) is 0 Å². The predicted octanol–water partition coefficient (Wildman–Crippen LogP) is 3.37.